The summed E-state index contributed by atoms with van der Waals surface area (Å²) >= 11 is 5.73. The first-order valence-electron chi connectivity index (χ1n) is 4.58. The molecule has 2 N–H and O–H groups in total. The zero-order valence-corrected chi connectivity index (χ0v) is 8.93. The second-order valence-corrected chi connectivity index (χ2v) is 3.79. The fraction of sp³-hybridized carbons (Fsp3) is 0. The van der Waals surface area contributed by atoms with Crippen LogP contribution >= 0.6 is 11.6 Å². The molecule has 0 bridgehead atoms. The van der Waals surface area contributed by atoms with Crippen molar-refractivity contribution in [1.29, 1.82) is 0 Å². The molecule has 1 nitrogen and oxygen atoms in total. The Morgan fingerprint density at radius 1 is 0.938 bits per heavy atom. The van der Waals surface area contributed by atoms with Gasteiger partial charge >= 0.3 is 0 Å². The van der Waals surface area contributed by atoms with Crippen molar-refractivity contribution in [2.24, 2.45) is 0 Å². The molecule has 2 aromatic carbocycles. The average Bonchev–Trinajstić information content (AvgIpc) is 2.22. The number of hydrogen-bond acceptors (Lipinski definition) is 1. The van der Waals surface area contributed by atoms with Crippen molar-refractivity contribution in [1.82, 2.24) is 0 Å². The summed E-state index contributed by atoms with van der Waals surface area (Å²) in [5.74, 6) is -1.03. The molecule has 0 heterocycles. The van der Waals surface area contributed by atoms with Crippen LogP contribution in [0.1, 0.15) is 0 Å². The molecule has 4 heteroatoms. The summed E-state index contributed by atoms with van der Waals surface area (Å²) in [6.07, 6.45) is 0. The van der Waals surface area contributed by atoms with E-state index in [2.05, 4.69) is 0 Å². The van der Waals surface area contributed by atoms with Gasteiger partial charge < -0.3 is 5.73 Å². The standard InChI is InChI=1S/C12H8ClF2N/c13-7-1-3-9(12(16)5-7)10-6-8(14)2-4-11(10)15/h1-6H,16H2. The highest BCUT2D eigenvalue weighted by Gasteiger charge is 2.09. The van der Waals surface area contributed by atoms with Crippen molar-refractivity contribution >= 4 is 17.3 Å². The summed E-state index contributed by atoms with van der Waals surface area (Å²) in [5.41, 5.74) is 6.58. The molecule has 0 radical (unpaired) electrons. The molecule has 82 valence electrons. The van der Waals surface area contributed by atoms with E-state index in [0.717, 1.165) is 18.2 Å². The Hall–Kier alpha value is -1.61. The van der Waals surface area contributed by atoms with Gasteiger partial charge in [0.1, 0.15) is 11.6 Å². The second-order valence-electron chi connectivity index (χ2n) is 3.36. The minimum absolute atomic E-state index is 0.133. The van der Waals surface area contributed by atoms with Gasteiger partial charge in [-0.05, 0) is 30.3 Å². The topological polar surface area (TPSA) is 26.0 Å². The fourth-order valence-corrected chi connectivity index (χ4v) is 1.66. The maximum atomic E-state index is 13.5. The van der Waals surface area contributed by atoms with Crippen LogP contribution in [0.15, 0.2) is 36.4 Å². The summed E-state index contributed by atoms with van der Waals surface area (Å²) < 4.78 is 26.5. The van der Waals surface area contributed by atoms with E-state index in [-0.39, 0.29) is 5.56 Å². The molecule has 0 saturated carbocycles. The lowest BCUT2D eigenvalue weighted by molar-refractivity contribution is 0.603. The minimum Gasteiger partial charge on any atom is -0.398 e. The van der Waals surface area contributed by atoms with Gasteiger partial charge in [-0.1, -0.05) is 17.7 Å². The van der Waals surface area contributed by atoms with Crippen LogP contribution in [0.25, 0.3) is 11.1 Å². The zero-order valence-electron chi connectivity index (χ0n) is 8.18. The molecule has 0 spiro atoms. The molecule has 0 aliphatic rings. The molecule has 0 saturated heterocycles. The van der Waals surface area contributed by atoms with E-state index in [9.17, 15) is 8.78 Å². The lowest BCUT2D eigenvalue weighted by atomic mass is 10.0. The summed E-state index contributed by atoms with van der Waals surface area (Å²) in [6.45, 7) is 0. The van der Waals surface area contributed by atoms with Crippen LogP contribution in [0, 0.1) is 11.6 Å². The molecule has 0 unspecified atom stereocenters. The fourth-order valence-electron chi connectivity index (χ4n) is 1.48. The number of anilines is 1. The lowest BCUT2D eigenvalue weighted by Crippen LogP contribution is -1.93. The van der Waals surface area contributed by atoms with Gasteiger partial charge in [-0.3, -0.25) is 0 Å². The van der Waals surface area contributed by atoms with Crippen LogP contribution in [-0.2, 0) is 0 Å². The van der Waals surface area contributed by atoms with Crippen molar-refractivity contribution in [2.75, 3.05) is 5.73 Å². The Labute approximate surface area is 96.5 Å². The number of nitrogen functional groups attached to an aromatic ring is 1. The molecule has 0 aromatic heterocycles. The van der Waals surface area contributed by atoms with Crippen molar-refractivity contribution in [3.8, 4) is 11.1 Å². The van der Waals surface area contributed by atoms with Crippen LogP contribution in [0.5, 0.6) is 0 Å². The van der Waals surface area contributed by atoms with E-state index in [0.29, 0.717) is 16.3 Å². The Morgan fingerprint density at radius 2 is 1.69 bits per heavy atom. The molecule has 16 heavy (non-hydrogen) atoms. The monoisotopic (exact) mass is 239 g/mol. The maximum absolute atomic E-state index is 13.5. The van der Waals surface area contributed by atoms with Crippen LogP contribution in [0.3, 0.4) is 0 Å². The lowest BCUT2D eigenvalue weighted by Gasteiger charge is -2.07. The van der Waals surface area contributed by atoms with Crippen molar-refractivity contribution in [3.05, 3.63) is 53.1 Å². The van der Waals surface area contributed by atoms with Crippen molar-refractivity contribution < 1.29 is 8.78 Å². The smallest absolute Gasteiger partial charge is 0.131 e. The molecular formula is C12H8ClF2N. The Bertz CT molecular complexity index is 541. The van der Waals surface area contributed by atoms with Gasteiger partial charge in [0.15, 0.2) is 0 Å². The molecule has 0 aliphatic heterocycles. The Balaban J connectivity index is 2.62. The molecular weight excluding hydrogens is 232 g/mol. The predicted molar refractivity (Wildman–Crippen MR) is 61.2 cm³/mol. The van der Waals surface area contributed by atoms with Crippen molar-refractivity contribution in [3.63, 3.8) is 0 Å². The van der Waals surface area contributed by atoms with Crippen LogP contribution in [-0.4, -0.2) is 0 Å². The largest absolute Gasteiger partial charge is 0.398 e. The van der Waals surface area contributed by atoms with Crippen LogP contribution in [0.4, 0.5) is 14.5 Å². The Morgan fingerprint density at radius 3 is 2.38 bits per heavy atom. The highest BCUT2D eigenvalue weighted by atomic mass is 35.5. The first-order chi connectivity index (χ1) is 7.58. The van der Waals surface area contributed by atoms with Gasteiger partial charge in [-0.15, -0.1) is 0 Å². The molecule has 0 aliphatic carbocycles. The SMILES string of the molecule is Nc1cc(Cl)ccc1-c1cc(F)ccc1F. The normalized spacial score (nSPS) is 10.4. The maximum Gasteiger partial charge on any atom is 0.131 e. The highest BCUT2D eigenvalue weighted by Crippen LogP contribution is 2.30. The first kappa shape index (κ1) is 10.9. The molecule has 2 aromatic rings. The number of benzene rings is 2. The summed E-state index contributed by atoms with van der Waals surface area (Å²) in [5, 5.41) is 0.457. The van der Waals surface area contributed by atoms with Gasteiger partial charge in [0.05, 0.1) is 0 Å². The van der Waals surface area contributed by atoms with Crippen LogP contribution in [0.2, 0.25) is 5.02 Å². The third kappa shape index (κ3) is 1.99. The number of rotatable bonds is 1. The van der Waals surface area contributed by atoms with Gasteiger partial charge in [-0.25, -0.2) is 8.78 Å². The van der Waals surface area contributed by atoms with Crippen molar-refractivity contribution in [2.45, 2.75) is 0 Å². The highest BCUT2D eigenvalue weighted by molar-refractivity contribution is 6.31. The predicted octanol–water partition coefficient (Wildman–Crippen LogP) is 3.87. The molecule has 2 rings (SSSR count). The summed E-state index contributed by atoms with van der Waals surface area (Å²) in [6, 6.07) is 7.88. The van der Waals surface area contributed by atoms with E-state index in [1.165, 1.54) is 6.07 Å². The van der Waals surface area contributed by atoms with Gasteiger partial charge in [0.2, 0.25) is 0 Å². The Kier molecular flexibility index (Phi) is 2.79. The third-order valence-corrected chi connectivity index (χ3v) is 2.47. The average molecular weight is 240 g/mol. The quantitative estimate of drug-likeness (QED) is 0.751. The second kappa shape index (κ2) is 4.10. The zero-order chi connectivity index (χ0) is 11.7. The van der Waals surface area contributed by atoms with Crippen LogP contribution < -0.4 is 5.73 Å². The summed E-state index contributed by atoms with van der Waals surface area (Å²) in [7, 11) is 0. The van der Waals surface area contributed by atoms with E-state index in [1.807, 2.05) is 0 Å². The minimum atomic E-state index is -0.518. The summed E-state index contributed by atoms with van der Waals surface area (Å²) in [4.78, 5) is 0. The molecule has 0 fully saturated rings. The number of halogens is 3. The van der Waals surface area contributed by atoms with E-state index in [1.54, 1.807) is 12.1 Å². The molecule has 0 amide bonds. The number of hydrogen-bond donors (Lipinski definition) is 1. The van der Waals surface area contributed by atoms with E-state index >= 15 is 0 Å². The third-order valence-electron chi connectivity index (χ3n) is 2.23. The van der Waals surface area contributed by atoms with E-state index in [4.69, 9.17) is 17.3 Å². The van der Waals surface area contributed by atoms with Gasteiger partial charge in [0, 0.05) is 21.8 Å². The van der Waals surface area contributed by atoms with E-state index < -0.39 is 11.6 Å². The first-order valence-corrected chi connectivity index (χ1v) is 4.96. The number of nitrogens with two attached hydrogens (primary N) is 1. The molecule has 0 atom stereocenters. The van der Waals surface area contributed by atoms with Gasteiger partial charge in [0.25, 0.3) is 0 Å². The van der Waals surface area contributed by atoms with Gasteiger partial charge in [-0.2, -0.15) is 0 Å².